The Balaban J connectivity index is 2.53. The van der Waals surface area contributed by atoms with Crippen LogP contribution < -0.4 is 5.56 Å². The van der Waals surface area contributed by atoms with Crippen molar-refractivity contribution >= 4 is 23.2 Å². The molecule has 3 heteroatoms. The minimum absolute atomic E-state index is 0.108. The van der Waals surface area contributed by atoms with Crippen molar-refractivity contribution in [3.63, 3.8) is 0 Å². The first kappa shape index (κ1) is 6.60. The third-order valence-electron chi connectivity index (χ3n) is 2.26. The molecule has 13 heavy (non-hydrogen) atoms. The van der Waals surface area contributed by atoms with Gasteiger partial charge in [-0.2, -0.15) is 0 Å². The summed E-state index contributed by atoms with van der Waals surface area (Å²) in [5, 5.41) is 1.01. The number of fused-ring (bicyclic) bond motifs is 3. The molecule has 0 unspecified atom stereocenters. The monoisotopic (exact) mass is 170 g/mol. The van der Waals surface area contributed by atoms with Crippen LogP contribution in [0.1, 0.15) is 11.1 Å². The van der Waals surface area contributed by atoms with E-state index in [1.807, 2.05) is 18.2 Å². The van der Waals surface area contributed by atoms with Gasteiger partial charge in [-0.3, -0.25) is 4.79 Å². The van der Waals surface area contributed by atoms with Gasteiger partial charge in [0.15, 0.2) is 0 Å². The lowest BCUT2D eigenvalue weighted by atomic mass is 9.97. The lowest BCUT2D eigenvalue weighted by Gasteiger charge is -2.11. The van der Waals surface area contributed by atoms with Crippen LogP contribution in [0.15, 0.2) is 23.1 Å². The molecule has 0 saturated heterocycles. The lowest BCUT2D eigenvalue weighted by molar-refractivity contribution is 1.22. The lowest BCUT2D eigenvalue weighted by Crippen LogP contribution is -2.05. The highest BCUT2D eigenvalue weighted by Gasteiger charge is 2.10. The molecule has 2 heterocycles. The minimum atomic E-state index is -0.108. The van der Waals surface area contributed by atoms with Gasteiger partial charge >= 0.3 is 0 Å². The van der Waals surface area contributed by atoms with Crippen molar-refractivity contribution in [1.82, 2.24) is 9.97 Å². The Morgan fingerprint density at radius 1 is 1.23 bits per heavy atom. The zero-order chi connectivity index (χ0) is 8.84. The molecule has 1 N–H and O–H groups in total. The van der Waals surface area contributed by atoms with Gasteiger partial charge in [0.2, 0.25) is 5.56 Å². The van der Waals surface area contributed by atoms with Gasteiger partial charge in [-0.15, -0.1) is 0 Å². The first-order valence-corrected chi connectivity index (χ1v) is 4.05. The molecule has 0 fully saturated rings. The van der Waals surface area contributed by atoms with E-state index in [0.29, 0.717) is 5.65 Å². The number of aromatic nitrogens is 2. The number of H-pyrrole nitrogens is 1. The molecule has 0 aromatic carbocycles. The summed E-state index contributed by atoms with van der Waals surface area (Å²) in [5.41, 5.74) is 2.86. The van der Waals surface area contributed by atoms with Crippen LogP contribution in [0.4, 0.5) is 0 Å². The molecule has 62 valence electrons. The zero-order valence-electron chi connectivity index (χ0n) is 6.74. The van der Waals surface area contributed by atoms with Gasteiger partial charge in [0.1, 0.15) is 5.65 Å². The second-order valence-corrected chi connectivity index (χ2v) is 3.05. The molecule has 3 nitrogen and oxygen atoms in total. The number of nitrogens with one attached hydrogen (secondary N) is 1. The summed E-state index contributed by atoms with van der Waals surface area (Å²) < 4.78 is 0. The van der Waals surface area contributed by atoms with E-state index in [4.69, 9.17) is 0 Å². The molecule has 2 aromatic heterocycles. The number of hydrogen-bond acceptors (Lipinski definition) is 2. The van der Waals surface area contributed by atoms with E-state index in [1.54, 1.807) is 6.20 Å². The van der Waals surface area contributed by atoms with Crippen molar-refractivity contribution in [3.05, 3.63) is 39.8 Å². The second-order valence-electron chi connectivity index (χ2n) is 3.05. The fourth-order valence-corrected chi connectivity index (χ4v) is 1.54. The quantitative estimate of drug-likeness (QED) is 0.554. The minimum Gasteiger partial charge on any atom is -0.307 e. The molecular weight excluding hydrogens is 164 g/mol. The van der Waals surface area contributed by atoms with Crippen molar-refractivity contribution in [2.24, 2.45) is 0 Å². The average Bonchev–Trinajstić information content (AvgIpc) is 2.06. The maximum Gasteiger partial charge on any atom is 0.249 e. The summed E-state index contributed by atoms with van der Waals surface area (Å²) in [4.78, 5) is 17.8. The summed E-state index contributed by atoms with van der Waals surface area (Å²) in [7, 11) is 0. The maximum atomic E-state index is 11.0. The highest BCUT2D eigenvalue weighted by atomic mass is 16.1. The standard InChI is InChI=1S/C10H6N2O/c13-9-4-3-8-7-2-1-6(7)5-11-10(8)12-9/h1-5H,(H,11,12,13). The molecule has 0 bridgehead atoms. The molecule has 0 saturated carbocycles. The Hall–Kier alpha value is -1.90. The van der Waals surface area contributed by atoms with Crippen LogP contribution in [-0.4, -0.2) is 9.97 Å². The highest BCUT2D eigenvalue weighted by molar-refractivity contribution is 5.99. The Kier molecular flexibility index (Phi) is 1.05. The third-order valence-corrected chi connectivity index (χ3v) is 2.26. The number of nitrogens with zero attached hydrogens (tertiary/aromatic N) is 1. The number of aromatic amines is 1. The fraction of sp³-hybridized carbons (Fsp3) is 0. The molecule has 1 aliphatic rings. The Labute approximate surface area is 73.7 Å². The summed E-state index contributed by atoms with van der Waals surface area (Å²) in [6.45, 7) is 0. The predicted molar refractivity (Wildman–Crippen MR) is 51.3 cm³/mol. The topological polar surface area (TPSA) is 45.8 Å². The largest absolute Gasteiger partial charge is 0.307 e. The molecule has 0 radical (unpaired) electrons. The Bertz CT molecular complexity index is 581. The zero-order valence-corrected chi connectivity index (χ0v) is 6.74. The van der Waals surface area contributed by atoms with Gasteiger partial charge in [0.25, 0.3) is 0 Å². The van der Waals surface area contributed by atoms with Gasteiger partial charge in [0, 0.05) is 23.2 Å². The van der Waals surface area contributed by atoms with Crippen molar-refractivity contribution in [2.45, 2.75) is 0 Å². The average molecular weight is 170 g/mol. The smallest absolute Gasteiger partial charge is 0.249 e. The van der Waals surface area contributed by atoms with E-state index in [2.05, 4.69) is 9.97 Å². The summed E-state index contributed by atoms with van der Waals surface area (Å²) in [5.74, 6) is 0. The molecule has 0 atom stereocenters. The van der Waals surface area contributed by atoms with Gasteiger partial charge in [0.05, 0.1) is 0 Å². The normalized spacial score (nSPS) is 12.6. The number of pyridine rings is 2. The van der Waals surface area contributed by atoms with Crippen LogP contribution >= 0.6 is 0 Å². The first-order valence-electron chi connectivity index (χ1n) is 4.05. The molecule has 0 spiro atoms. The van der Waals surface area contributed by atoms with E-state index < -0.39 is 0 Å². The van der Waals surface area contributed by atoms with Crippen LogP contribution in [-0.2, 0) is 0 Å². The highest BCUT2D eigenvalue weighted by Crippen LogP contribution is 2.28. The van der Waals surface area contributed by atoms with E-state index >= 15 is 0 Å². The van der Waals surface area contributed by atoms with Crippen LogP contribution in [0.5, 0.6) is 0 Å². The summed E-state index contributed by atoms with van der Waals surface area (Å²) in [6, 6.07) is 3.33. The molecule has 2 aromatic rings. The molecule has 3 rings (SSSR count). The maximum absolute atomic E-state index is 11.0. The van der Waals surface area contributed by atoms with E-state index in [-0.39, 0.29) is 5.56 Å². The van der Waals surface area contributed by atoms with Gasteiger partial charge in [-0.25, -0.2) is 4.98 Å². The van der Waals surface area contributed by atoms with Crippen LogP contribution in [0.2, 0.25) is 0 Å². The van der Waals surface area contributed by atoms with Crippen molar-refractivity contribution < 1.29 is 0 Å². The number of hydrogen-bond donors (Lipinski definition) is 1. The Morgan fingerprint density at radius 2 is 2.15 bits per heavy atom. The predicted octanol–water partition coefficient (Wildman–Crippen LogP) is 1.41. The number of rotatable bonds is 0. The molecule has 0 aliphatic heterocycles. The third kappa shape index (κ3) is 0.783. The second kappa shape index (κ2) is 2.07. The molecule has 0 amide bonds. The fourth-order valence-electron chi connectivity index (χ4n) is 1.54. The van der Waals surface area contributed by atoms with E-state index in [1.165, 1.54) is 11.6 Å². The van der Waals surface area contributed by atoms with Crippen molar-refractivity contribution in [3.8, 4) is 0 Å². The van der Waals surface area contributed by atoms with Crippen molar-refractivity contribution in [1.29, 1.82) is 0 Å². The van der Waals surface area contributed by atoms with Crippen LogP contribution in [0, 0.1) is 0 Å². The molecular formula is C10H6N2O. The van der Waals surface area contributed by atoms with E-state index in [0.717, 1.165) is 10.9 Å². The first-order chi connectivity index (χ1) is 6.34. The van der Waals surface area contributed by atoms with Crippen LogP contribution in [0.3, 0.4) is 0 Å². The summed E-state index contributed by atoms with van der Waals surface area (Å²) >= 11 is 0. The SMILES string of the molecule is O=c1ccc2c3c(cnc2[nH]1)C=C3. The van der Waals surface area contributed by atoms with Crippen LogP contribution in [0.25, 0.3) is 23.2 Å². The van der Waals surface area contributed by atoms with Crippen molar-refractivity contribution in [2.75, 3.05) is 0 Å². The van der Waals surface area contributed by atoms with Gasteiger partial charge < -0.3 is 4.98 Å². The molecule has 1 aliphatic carbocycles. The Morgan fingerprint density at radius 3 is 2.92 bits per heavy atom. The van der Waals surface area contributed by atoms with E-state index in [9.17, 15) is 4.79 Å². The van der Waals surface area contributed by atoms with Gasteiger partial charge in [-0.1, -0.05) is 12.2 Å². The summed E-state index contributed by atoms with van der Waals surface area (Å²) in [6.07, 6.45) is 5.80. The van der Waals surface area contributed by atoms with Gasteiger partial charge in [-0.05, 0) is 11.6 Å².